The molecule has 3 heterocycles. The van der Waals surface area contributed by atoms with Gasteiger partial charge in [-0.3, -0.25) is 14.7 Å². The van der Waals surface area contributed by atoms with Crippen molar-refractivity contribution in [2.24, 2.45) is 0 Å². The van der Waals surface area contributed by atoms with E-state index in [1.54, 1.807) is 22.4 Å². The predicted molar refractivity (Wildman–Crippen MR) is 107 cm³/mol. The fourth-order valence-corrected chi connectivity index (χ4v) is 4.22. The lowest BCUT2D eigenvalue weighted by atomic mass is 10.1. The Morgan fingerprint density at radius 3 is 2.67 bits per heavy atom. The molecular formula is C21H16N4OS. The number of aryl methyl sites for hydroxylation is 2. The first-order valence-electron chi connectivity index (χ1n) is 8.69. The molecule has 5 rings (SSSR count). The van der Waals surface area contributed by atoms with Crippen molar-refractivity contribution in [1.29, 1.82) is 0 Å². The number of rotatable bonds is 2. The van der Waals surface area contributed by atoms with Crippen LogP contribution in [0.4, 0.5) is 11.5 Å². The van der Waals surface area contributed by atoms with Crippen LogP contribution in [0, 0.1) is 13.8 Å². The maximum absolute atomic E-state index is 12.7. The van der Waals surface area contributed by atoms with Crippen molar-refractivity contribution in [1.82, 2.24) is 15.0 Å². The molecule has 0 radical (unpaired) electrons. The van der Waals surface area contributed by atoms with Crippen LogP contribution in [0.5, 0.6) is 0 Å². The molecule has 0 saturated carbocycles. The van der Waals surface area contributed by atoms with Gasteiger partial charge in [-0.2, -0.15) is 0 Å². The number of aromatic nitrogens is 3. The van der Waals surface area contributed by atoms with E-state index in [1.165, 1.54) is 11.1 Å². The van der Waals surface area contributed by atoms with Crippen molar-refractivity contribution < 1.29 is 4.79 Å². The zero-order valence-corrected chi connectivity index (χ0v) is 15.7. The molecule has 4 aromatic rings. The SMILES string of the molecule is Cc1cc(C)cc(-c2cnc3c(n2)N(c2ccc4scnc4c2)C(=O)C3)c1. The molecule has 0 fully saturated rings. The summed E-state index contributed by atoms with van der Waals surface area (Å²) >= 11 is 1.58. The van der Waals surface area contributed by atoms with Crippen molar-refractivity contribution in [3.8, 4) is 11.3 Å². The van der Waals surface area contributed by atoms with Crippen molar-refractivity contribution in [3.05, 3.63) is 64.9 Å². The highest BCUT2D eigenvalue weighted by atomic mass is 32.1. The maximum Gasteiger partial charge on any atom is 0.238 e. The minimum Gasteiger partial charge on any atom is -0.274 e. The smallest absolute Gasteiger partial charge is 0.238 e. The van der Waals surface area contributed by atoms with Crippen molar-refractivity contribution in [2.45, 2.75) is 20.3 Å². The van der Waals surface area contributed by atoms with E-state index in [0.717, 1.165) is 27.2 Å². The Balaban J connectivity index is 1.63. The molecule has 0 unspecified atom stereocenters. The zero-order chi connectivity index (χ0) is 18.5. The molecule has 0 spiro atoms. The normalized spacial score (nSPS) is 13.4. The van der Waals surface area contributed by atoms with Gasteiger partial charge in [-0.05, 0) is 44.2 Å². The Labute approximate surface area is 160 Å². The maximum atomic E-state index is 12.7. The monoisotopic (exact) mass is 372 g/mol. The number of thiazole rings is 1. The molecule has 6 heteroatoms. The second-order valence-electron chi connectivity index (χ2n) is 6.81. The van der Waals surface area contributed by atoms with Gasteiger partial charge in [0.25, 0.3) is 0 Å². The fourth-order valence-electron chi connectivity index (χ4n) is 3.56. The summed E-state index contributed by atoms with van der Waals surface area (Å²) in [7, 11) is 0. The molecule has 0 N–H and O–H groups in total. The van der Waals surface area contributed by atoms with Crippen LogP contribution in [0.15, 0.2) is 48.1 Å². The fraction of sp³-hybridized carbons (Fsp3) is 0.143. The molecule has 132 valence electrons. The topological polar surface area (TPSA) is 59.0 Å². The second-order valence-corrected chi connectivity index (χ2v) is 7.70. The Hall–Kier alpha value is -3.12. The van der Waals surface area contributed by atoms with Crippen LogP contribution in [0.2, 0.25) is 0 Å². The van der Waals surface area contributed by atoms with Crippen molar-refractivity contribution in [3.63, 3.8) is 0 Å². The average molecular weight is 372 g/mol. The molecule has 0 aliphatic carbocycles. The van der Waals surface area contributed by atoms with Crippen LogP contribution < -0.4 is 4.90 Å². The van der Waals surface area contributed by atoms with Crippen molar-refractivity contribution >= 4 is 39.0 Å². The van der Waals surface area contributed by atoms with Gasteiger partial charge in [-0.25, -0.2) is 9.97 Å². The summed E-state index contributed by atoms with van der Waals surface area (Å²) < 4.78 is 1.10. The summed E-state index contributed by atoms with van der Waals surface area (Å²) in [6.07, 6.45) is 2.03. The van der Waals surface area contributed by atoms with Crippen LogP contribution in [-0.2, 0) is 11.2 Å². The summed E-state index contributed by atoms with van der Waals surface area (Å²) in [6.45, 7) is 4.13. The van der Waals surface area contributed by atoms with Gasteiger partial charge in [0.2, 0.25) is 5.91 Å². The van der Waals surface area contributed by atoms with E-state index < -0.39 is 0 Å². The number of carbonyl (C=O) groups is 1. The lowest BCUT2D eigenvalue weighted by Gasteiger charge is -2.17. The van der Waals surface area contributed by atoms with Crippen LogP contribution in [-0.4, -0.2) is 20.9 Å². The number of nitrogens with zero attached hydrogens (tertiary/aromatic N) is 4. The third-order valence-electron chi connectivity index (χ3n) is 4.70. The van der Waals surface area contributed by atoms with Crippen molar-refractivity contribution in [2.75, 3.05) is 4.90 Å². The largest absolute Gasteiger partial charge is 0.274 e. The Bertz CT molecular complexity index is 1190. The highest BCUT2D eigenvalue weighted by molar-refractivity contribution is 7.16. The molecule has 1 amide bonds. The standard InChI is InChI=1S/C21H16N4OS/c1-12-5-13(2)7-14(6-12)18-10-22-17-9-20(26)25(21(17)24-18)15-3-4-19-16(8-15)23-11-27-19/h3-8,10-11H,9H2,1-2H3. The Morgan fingerprint density at radius 2 is 1.85 bits per heavy atom. The number of benzene rings is 2. The lowest BCUT2D eigenvalue weighted by molar-refractivity contribution is -0.116. The summed E-state index contributed by atoms with van der Waals surface area (Å²) in [5.41, 5.74) is 8.33. The first-order chi connectivity index (χ1) is 13.1. The molecule has 27 heavy (non-hydrogen) atoms. The van der Waals surface area contributed by atoms with Gasteiger partial charge in [-0.1, -0.05) is 17.2 Å². The first kappa shape index (κ1) is 16.1. The van der Waals surface area contributed by atoms with Crippen LogP contribution in [0.25, 0.3) is 21.5 Å². The zero-order valence-electron chi connectivity index (χ0n) is 14.9. The van der Waals surface area contributed by atoms with Gasteiger partial charge in [0.05, 0.1) is 45.4 Å². The average Bonchev–Trinajstić information content (AvgIpc) is 3.22. The van der Waals surface area contributed by atoms with Crippen LogP contribution >= 0.6 is 11.3 Å². The second kappa shape index (κ2) is 5.96. The summed E-state index contributed by atoms with van der Waals surface area (Å²) in [5.74, 6) is 0.600. The highest BCUT2D eigenvalue weighted by Gasteiger charge is 2.32. The number of hydrogen-bond donors (Lipinski definition) is 0. The van der Waals surface area contributed by atoms with Gasteiger partial charge in [0, 0.05) is 5.56 Å². The number of anilines is 2. The van der Waals surface area contributed by atoms with E-state index in [9.17, 15) is 4.79 Å². The molecule has 2 aromatic carbocycles. The highest BCUT2D eigenvalue weighted by Crippen LogP contribution is 2.36. The van der Waals surface area contributed by atoms with Gasteiger partial charge >= 0.3 is 0 Å². The van der Waals surface area contributed by atoms with E-state index in [1.807, 2.05) is 23.7 Å². The van der Waals surface area contributed by atoms with E-state index in [2.05, 4.69) is 42.0 Å². The van der Waals surface area contributed by atoms with E-state index in [0.29, 0.717) is 11.5 Å². The number of hydrogen-bond acceptors (Lipinski definition) is 5. The molecular weight excluding hydrogens is 356 g/mol. The Kier molecular flexibility index (Phi) is 3.55. The van der Waals surface area contributed by atoms with Gasteiger partial charge in [0.15, 0.2) is 5.82 Å². The minimum atomic E-state index is -0.0165. The van der Waals surface area contributed by atoms with Gasteiger partial charge < -0.3 is 0 Å². The molecule has 5 nitrogen and oxygen atoms in total. The van der Waals surface area contributed by atoms with E-state index in [4.69, 9.17) is 4.98 Å². The first-order valence-corrected chi connectivity index (χ1v) is 9.57. The summed E-state index contributed by atoms with van der Waals surface area (Å²) in [4.78, 5) is 28.1. The summed E-state index contributed by atoms with van der Waals surface area (Å²) in [6, 6.07) is 12.2. The summed E-state index contributed by atoms with van der Waals surface area (Å²) in [5, 5.41) is 0. The third-order valence-corrected chi connectivity index (χ3v) is 5.51. The van der Waals surface area contributed by atoms with Gasteiger partial charge in [0.1, 0.15) is 0 Å². The molecule has 1 aliphatic heterocycles. The quantitative estimate of drug-likeness (QED) is 0.516. The lowest BCUT2D eigenvalue weighted by Crippen LogP contribution is -2.21. The van der Waals surface area contributed by atoms with Crippen LogP contribution in [0.3, 0.4) is 0 Å². The number of fused-ring (bicyclic) bond motifs is 2. The molecule has 0 bridgehead atoms. The Morgan fingerprint density at radius 1 is 1.04 bits per heavy atom. The van der Waals surface area contributed by atoms with Gasteiger partial charge in [-0.15, -0.1) is 11.3 Å². The third kappa shape index (κ3) is 2.69. The predicted octanol–water partition coefficient (Wildman–Crippen LogP) is 4.59. The van der Waals surface area contributed by atoms with E-state index in [-0.39, 0.29) is 12.3 Å². The minimum absolute atomic E-state index is 0.0165. The number of amides is 1. The van der Waals surface area contributed by atoms with E-state index >= 15 is 0 Å². The van der Waals surface area contributed by atoms with Crippen LogP contribution in [0.1, 0.15) is 16.8 Å². The number of carbonyl (C=O) groups excluding carboxylic acids is 1. The molecule has 0 atom stereocenters. The molecule has 2 aromatic heterocycles. The molecule has 1 aliphatic rings. The molecule has 0 saturated heterocycles.